The molecule has 0 atom stereocenters. The lowest BCUT2D eigenvalue weighted by Gasteiger charge is -2.34. The van der Waals surface area contributed by atoms with Crippen LogP contribution in [0.4, 0.5) is 34.9 Å². The molecule has 6 aromatic carbocycles. The van der Waals surface area contributed by atoms with Gasteiger partial charge in [-0.15, -0.1) is 0 Å². The molecule has 1 amide bonds. The minimum Gasteiger partial charge on any atom is -0.545 e. The van der Waals surface area contributed by atoms with Crippen LogP contribution in [0.2, 0.25) is 0 Å². The number of nitrogen functional groups attached to an aromatic ring is 4. The third-order valence-corrected chi connectivity index (χ3v) is 25.0. The summed E-state index contributed by atoms with van der Waals surface area (Å²) in [6.07, 6.45) is 16.8. The second kappa shape index (κ2) is 47.6. The van der Waals surface area contributed by atoms with Crippen LogP contribution in [0.1, 0.15) is 178 Å². The number of methoxy groups -OCH3 is 4. The number of rotatable bonds is 40. The molecule has 16 rings (SSSR count). The number of nitrogens with zero attached hydrogens (tertiary/aromatic N) is 8. The Hall–Kier alpha value is -14.5. The number of aromatic carboxylic acids is 2. The molecule has 8 aliphatic rings. The van der Waals surface area contributed by atoms with Gasteiger partial charge in [0.2, 0.25) is 34.1 Å². The maximum atomic E-state index is 13.6. The van der Waals surface area contributed by atoms with Crippen molar-refractivity contribution in [1.82, 2.24) is 34.4 Å². The Balaban J connectivity index is 0.000000191. The molecule has 8 aromatic rings. The Morgan fingerprint density at radius 2 is 0.883 bits per heavy atom. The zero-order valence-corrected chi connectivity index (χ0v) is 79.0. The van der Waals surface area contributed by atoms with Gasteiger partial charge in [-0.2, -0.15) is 19.6 Å². The largest absolute Gasteiger partial charge is 0.545 e. The molecule has 4 fully saturated rings. The maximum Gasteiger partial charge on any atom is 0.373 e. The van der Waals surface area contributed by atoms with Gasteiger partial charge in [0, 0.05) is 186 Å². The number of aryl methyl sites for hydroxylation is 4. The SMILES string of the molecule is COc1cc(Cc2cnc(N)nc2N)cc(OC)c1OCCCCC(=O)CCCCOCN.COc1cc(Cc2cnc(N)nc2N)cc(OC)c1OCCCCC(=O)CCCCOCNC(=O)c1ccc(C(=O)[O-])c(-c2c3cc(C)c(=[N+]4CCC4)cc-3oc3cc(N4CCC4)c(C)cc23)c1.Cc1cc2c(-c3ccccc3C(=O)[O-])c3cc(C)c(=[N+]4CCC4)cc-3oc2cc1N1CCC1.O=C=O. The van der Waals surface area contributed by atoms with E-state index in [4.69, 9.17) is 85.0 Å². The van der Waals surface area contributed by atoms with Crippen molar-refractivity contribution in [3.8, 4) is 79.4 Å². The molecule has 11 N–H and O–H groups in total. The molecular weight excluding hydrogens is 1750 g/mol. The highest BCUT2D eigenvalue weighted by Gasteiger charge is 2.31. The van der Waals surface area contributed by atoms with E-state index in [-0.39, 0.29) is 59.8 Å². The van der Waals surface area contributed by atoms with Crippen molar-refractivity contribution >= 4 is 92.4 Å². The van der Waals surface area contributed by atoms with Gasteiger partial charge in [0.05, 0.1) is 85.3 Å². The molecule has 0 saturated carbocycles. The van der Waals surface area contributed by atoms with Crippen LogP contribution in [0, 0.1) is 27.7 Å². The third kappa shape index (κ3) is 24.8. The predicted molar refractivity (Wildman–Crippen MR) is 518 cm³/mol. The highest BCUT2D eigenvalue weighted by molar-refractivity contribution is 6.11. The van der Waals surface area contributed by atoms with Gasteiger partial charge in [-0.05, 0) is 186 Å². The van der Waals surface area contributed by atoms with Crippen LogP contribution in [0.25, 0.3) is 66.8 Å². The molecule has 0 radical (unpaired) electrons. The first-order chi connectivity index (χ1) is 66.3. The van der Waals surface area contributed by atoms with E-state index < -0.39 is 17.8 Å². The lowest BCUT2D eigenvalue weighted by molar-refractivity contribution is -0.256. The van der Waals surface area contributed by atoms with Crippen molar-refractivity contribution < 1.29 is 90.5 Å². The fourth-order valence-electron chi connectivity index (χ4n) is 17.3. The van der Waals surface area contributed by atoms with Gasteiger partial charge < -0.3 is 110 Å². The first kappa shape index (κ1) is 99.9. The number of benzene rings is 8. The van der Waals surface area contributed by atoms with Crippen LogP contribution in [0.3, 0.4) is 0 Å². The maximum absolute atomic E-state index is 13.6. The zero-order chi connectivity index (χ0) is 97.3. The molecule has 0 spiro atoms. The number of nitrogens with two attached hydrogens (primary N) is 5. The van der Waals surface area contributed by atoms with E-state index in [0.717, 1.165) is 185 Å². The number of ketones is 2. The molecule has 0 bridgehead atoms. The molecule has 0 unspecified atom stereocenters. The van der Waals surface area contributed by atoms with Crippen LogP contribution < -0.4 is 102 Å². The number of carboxylic acid groups (broad SMARTS) is 2. The summed E-state index contributed by atoms with van der Waals surface area (Å²) >= 11 is 0. The standard InChI is InChI=1S/C52H59N7O9.C28H26N2O3.C23H35N5O5.CO2/c1-31-21-39-43(27-41(31)58-15-9-16-58)68-44-28-42(59-17-10-18-59)32(2)22-40(44)47(39)38-26-34(13-14-37(38)51(62)63)50(61)56-30-66-19-7-5-11-36(60)12-6-8-20-67-48-45(64-3)24-33(25-46(48)65-4)23-35-29-55-52(54)57-49(35)53;1-17-13-21-25(15-23(17)29-9-5-10-29)33-26-16-24(30-11-6-12-30)18(2)14-22(26)27(21)19-7-3-4-8-20(19)28(31)32;1-30-19-12-16(11-17-14-27-23(26)28-22(17)25)13-20(31-2)21(19)33-10-6-4-8-18(29)7-3-5-9-32-15-24;2-1-3/h13-14,21-22,24-29H,5-12,15-20,23,30H2,1-4H3,(H5-,53,54,55,56,57,61,62,63);3-4,7-8,13-16H,5-6,9-12H2,1-2H3;12-14H,3-11,15,24H2,1-2H3,(H4,25,26,27,28);. The molecular formula is C104H120N14O19. The number of hydrogen-bond acceptors (Lipinski definition) is 30. The molecule has 137 heavy (non-hydrogen) atoms. The first-order valence-electron chi connectivity index (χ1n) is 46.3. The minimum atomic E-state index is -1.34. The number of Topliss-reactive ketones (excluding diaryl/α,β-unsaturated/α-hetero) is 2. The summed E-state index contributed by atoms with van der Waals surface area (Å²) in [6.45, 7) is 18.3. The highest BCUT2D eigenvalue weighted by Crippen LogP contribution is 2.48. The van der Waals surface area contributed by atoms with Crippen LogP contribution in [0.5, 0.6) is 34.5 Å². The smallest absolute Gasteiger partial charge is 0.373 e. The Morgan fingerprint density at radius 1 is 0.474 bits per heavy atom. The highest BCUT2D eigenvalue weighted by atomic mass is 16.5. The van der Waals surface area contributed by atoms with Crippen molar-refractivity contribution in [1.29, 1.82) is 0 Å². The van der Waals surface area contributed by atoms with Gasteiger partial charge in [-0.3, -0.25) is 14.4 Å². The van der Waals surface area contributed by atoms with Crippen LogP contribution in [-0.4, -0.2) is 176 Å². The van der Waals surface area contributed by atoms with Crippen molar-refractivity contribution in [2.75, 3.05) is 153 Å². The zero-order valence-electron chi connectivity index (χ0n) is 79.0. The van der Waals surface area contributed by atoms with Crippen molar-refractivity contribution in [3.05, 3.63) is 200 Å². The number of nitrogens with one attached hydrogen (secondary N) is 1. The number of amides is 1. The number of unbranched alkanes of at least 4 members (excludes halogenated alkanes) is 4. The van der Waals surface area contributed by atoms with Gasteiger partial charge in [0.1, 0.15) is 78.8 Å². The van der Waals surface area contributed by atoms with E-state index in [9.17, 15) is 34.2 Å². The summed E-state index contributed by atoms with van der Waals surface area (Å²) < 4.78 is 62.9. The summed E-state index contributed by atoms with van der Waals surface area (Å²) in [5, 5.41) is 31.5. The average molecular weight is 1870 g/mol. The first-order valence-corrected chi connectivity index (χ1v) is 46.3. The fourth-order valence-corrected chi connectivity index (χ4v) is 17.3. The number of ether oxygens (including phenoxy) is 8. The molecule has 720 valence electrons. The quantitative estimate of drug-likeness (QED) is 0.00899. The van der Waals surface area contributed by atoms with Crippen LogP contribution >= 0.6 is 0 Å². The minimum absolute atomic E-state index is 0.0266. The van der Waals surface area contributed by atoms with Gasteiger partial charge in [-0.1, -0.05) is 30.3 Å². The third-order valence-electron chi connectivity index (χ3n) is 25.0. The van der Waals surface area contributed by atoms with E-state index in [2.05, 4.69) is 108 Å². The summed E-state index contributed by atoms with van der Waals surface area (Å²) in [7, 11) is 6.26. The average Bonchev–Trinajstić information content (AvgIpc) is 0.734. The Morgan fingerprint density at radius 3 is 1.27 bits per heavy atom. The van der Waals surface area contributed by atoms with E-state index in [0.29, 0.717) is 165 Å². The van der Waals surface area contributed by atoms with Crippen molar-refractivity contribution in [2.24, 2.45) is 5.73 Å². The number of fused-ring (bicyclic) bond motifs is 4. The molecule has 33 nitrogen and oxygen atoms in total. The van der Waals surface area contributed by atoms with Gasteiger partial charge in [0.25, 0.3) is 5.91 Å². The number of carbonyl (C=O) groups excluding carboxylic acids is 7. The summed E-state index contributed by atoms with van der Waals surface area (Å²) in [4.78, 5) is 100.0. The van der Waals surface area contributed by atoms with Crippen molar-refractivity contribution in [2.45, 2.75) is 143 Å². The number of aromatic nitrogens is 4. The Labute approximate surface area is 794 Å². The van der Waals surface area contributed by atoms with Gasteiger partial charge >= 0.3 is 6.15 Å². The Kier molecular flexibility index (Phi) is 34.7. The van der Waals surface area contributed by atoms with Gasteiger partial charge in [0.15, 0.2) is 23.0 Å². The number of carbonyl (C=O) groups is 5. The topological polar surface area (TPSA) is 472 Å². The van der Waals surface area contributed by atoms with E-state index in [1.165, 1.54) is 36.0 Å². The van der Waals surface area contributed by atoms with E-state index in [1.807, 2.05) is 48.5 Å². The van der Waals surface area contributed by atoms with Gasteiger partial charge in [-0.25, -0.2) is 19.1 Å². The monoisotopic (exact) mass is 1870 g/mol. The van der Waals surface area contributed by atoms with Crippen LogP contribution in [0.15, 0.2) is 136 Å². The lowest BCUT2D eigenvalue weighted by Crippen LogP contribution is -2.42. The second-order valence-electron chi connectivity index (χ2n) is 34.3. The number of carboxylic acids is 2. The lowest BCUT2D eigenvalue weighted by atomic mass is 9.88. The summed E-state index contributed by atoms with van der Waals surface area (Å²) in [5.74, 6) is 2.89. The van der Waals surface area contributed by atoms with E-state index in [1.54, 1.807) is 59.0 Å². The molecule has 4 saturated heterocycles. The molecule has 2 aliphatic carbocycles. The molecule has 6 aliphatic heterocycles. The molecule has 2 aromatic heterocycles. The summed E-state index contributed by atoms with van der Waals surface area (Å²) in [5.41, 5.74) is 44.5. The molecule has 33 heteroatoms. The predicted octanol–water partition coefficient (Wildman–Crippen LogP) is 11.3. The molecule has 8 heterocycles. The number of hydrogen-bond donors (Lipinski definition) is 6. The number of anilines is 6. The van der Waals surface area contributed by atoms with E-state index >= 15 is 0 Å². The Bertz CT molecular complexity index is 6450. The summed E-state index contributed by atoms with van der Waals surface area (Å²) in [6, 6.07) is 35.8. The van der Waals surface area contributed by atoms with Crippen molar-refractivity contribution in [3.63, 3.8) is 0 Å². The fraction of sp³-hybridized carbons (Fsp3) is 0.385. The van der Waals surface area contributed by atoms with Crippen LogP contribution in [-0.2, 0) is 41.5 Å². The normalized spacial score (nSPS) is 13.0. The second-order valence-corrected chi connectivity index (χ2v) is 34.3.